The van der Waals surface area contributed by atoms with E-state index in [0.29, 0.717) is 32.4 Å². The molecule has 28 heavy (non-hydrogen) atoms. The molecule has 0 aromatic heterocycles. The molecule has 2 aromatic carbocycles. The van der Waals surface area contributed by atoms with Gasteiger partial charge in [0.2, 0.25) is 0 Å². The van der Waals surface area contributed by atoms with Crippen molar-refractivity contribution in [1.29, 1.82) is 0 Å². The number of ether oxygens (including phenoxy) is 3. The zero-order valence-corrected chi connectivity index (χ0v) is 17.2. The molecule has 0 heterocycles. The summed E-state index contributed by atoms with van der Waals surface area (Å²) >= 11 is 0. The lowest BCUT2D eigenvalue weighted by Crippen LogP contribution is -2.35. The monoisotopic (exact) mass is 387 g/mol. The molecule has 5 heteroatoms. The van der Waals surface area contributed by atoms with E-state index in [-0.39, 0.29) is 6.61 Å². The Morgan fingerprint density at radius 3 is 2.46 bits per heavy atom. The van der Waals surface area contributed by atoms with Gasteiger partial charge in [0, 0.05) is 12.6 Å². The highest BCUT2D eigenvalue weighted by atomic mass is 16.5. The number of nitrogens with one attached hydrogen (secondary N) is 1. The highest BCUT2D eigenvalue weighted by Crippen LogP contribution is 2.23. The lowest BCUT2D eigenvalue weighted by molar-refractivity contribution is 0.101. The summed E-state index contributed by atoms with van der Waals surface area (Å²) in [6.45, 7) is 8.59. The van der Waals surface area contributed by atoms with Crippen molar-refractivity contribution in [3.8, 4) is 11.5 Å². The fourth-order valence-electron chi connectivity index (χ4n) is 2.65. The van der Waals surface area contributed by atoms with Crippen LogP contribution in [0.3, 0.4) is 0 Å². The molecule has 154 valence electrons. The van der Waals surface area contributed by atoms with Crippen LogP contribution in [-0.4, -0.2) is 50.2 Å². The molecule has 0 saturated heterocycles. The van der Waals surface area contributed by atoms with Gasteiger partial charge >= 0.3 is 0 Å². The Morgan fingerprint density at radius 2 is 1.75 bits per heavy atom. The van der Waals surface area contributed by atoms with Gasteiger partial charge < -0.3 is 24.6 Å². The second-order valence-corrected chi connectivity index (χ2v) is 7.15. The van der Waals surface area contributed by atoms with Crippen molar-refractivity contribution >= 4 is 0 Å². The Balaban J connectivity index is 1.63. The summed E-state index contributed by atoms with van der Waals surface area (Å²) in [4.78, 5) is 0. The van der Waals surface area contributed by atoms with E-state index in [9.17, 15) is 5.11 Å². The molecular formula is C23H33NO4. The first-order chi connectivity index (χ1) is 13.5. The Hall–Kier alpha value is -2.08. The van der Waals surface area contributed by atoms with Crippen LogP contribution in [0.15, 0.2) is 48.5 Å². The van der Waals surface area contributed by atoms with E-state index in [4.69, 9.17) is 14.2 Å². The maximum atomic E-state index is 9.94. The largest absolute Gasteiger partial charge is 0.491 e. The van der Waals surface area contributed by atoms with Crippen LogP contribution in [0, 0.1) is 6.92 Å². The zero-order chi connectivity index (χ0) is 20.2. The Kier molecular flexibility index (Phi) is 9.83. The lowest BCUT2D eigenvalue weighted by Gasteiger charge is -2.16. The van der Waals surface area contributed by atoms with Crippen LogP contribution < -0.4 is 14.8 Å². The van der Waals surface area contributed by atoms with Gasteiger partial charge in [0.05, 0.1) is 13.2 Å². The molecule has 1 atom stereocenters. The molecule has 0 spiro atoms. The first kappa shape index (κ1) is 22.2. The summed E-state index contributed by atoms with van der Waals surface area (Å²) in [6, 6.07) is 16.3. The first-order valence-electron chi connectivity index (χ1n) is 9.94. The zero-order valence-electron chi connectivity index (χ0n) is 17.2. The van der Waals surface area contributed by atoms with E-state index < -0.39 is 6.10 Å². The molecule has 0 bridgehead atoms. The highest BCUT2D eigenvalue weighted by molar-refractivity contribution is 5.39. The van der Waals surface area contributed by atoms with Crippen LogP contribution in [0.5, 0.6) is 11.5 Å². The molecule has 0 saturated carbocycles. The SMILES string of the molecule is Cc1cc(OCCOCCc2ccccc2)ccc1OCC(O)CNC(C)C. The van der Waals surface area contributed by atoms with Crippen molar-refractivity contribution in [3.63, 3.8) is 0 Å². The van der Waals surface area contributed by atoms with Crippen molar-refractivity contribution in [2.75, 3.05) is 33.0 Å². The number of hydrogen-bond acceptors (Lipinski definition) is 5. The van der Waals surface area contributed by atoms with Gasteiger partial charge in [0.1, 0.15) is 30.8 Å². The fraction of sp³-hybridized carbons (Fsp3) is 0.478. The molecule has 2 N–H and O–H groups in total. The van der Waals surface area contributed by atoms with Crippen LogP contribution in [0.25, 0.3) is 0 Å². The molecule has 0 aliphatic heterocycles. The summed E-state index contributed by atoms with van der Waals surface area (Å²) in [5, 5.41) is 13.1. The summed E-state index contributed by atoms with van der Waals surface area (Å²) in [5.74, 6) is 1.55. The molecule has 0 radical (unpaired) electrons. The molecule has 5 nitrogen and oxygen atoms in total. The van der Waals surface area contributed by atoms with Crippen LogP contribution >= 0.6 is 0 Å². The molecule has 2 rings (SSSR count). The number of benzene rings is 2. The van der Waals surface area contributed by atoms with Crippen molar-refractivity contribution in [2.45, 2.75) is 39.3 Å². The minimum absolute atomic E-state index is 0.260. The maximum Gasteiger partial charge on any atom is 0.122 e. The standard InChI is InChI=1S/C23H33NO4/c1-18(2)24-16-21(25)17-28-23-10-9-22(15-19(23)3)27-14-13-26-12-11-20-7-5-4-6-8-20/h4-10,15,18,21,24-25H,11-14,16-17H2,1-3H3. The van der Waals surface area contributed by atoms with Crippen molar-refractivity contribution in [3.05, 3.63) is 59.7 Å². The van der Waals surface area contributed by atoms with E-state index in [0.717, 1.165) is 23.5 Å². The normalized spacial score (nSPS) is 12.2. The van der Waals surface area contributed by atoms with Gasteiger partial charge in [-0.3, -0.25) is 0 Å². The molecule has 0 fully saturated rings. The third-order valence-corrected chi connectivity index (χ3v) is 4.21. The topological polar surface area (TPSA) is 60.0 Å². The van der Waals surface area contributed by atoms with Crippen molar-refractivity contribution < 1.29 is 19.3 Å². The van der Waals surface area contributed by atoms with Gasteiger partial charge in [-0.05, 0) is 42.7 Å². The van der Waals surface area contributed by atoms with Crippen molar-refractivity contribution in [1.82, 2.24) is 5.32 Å². The van der Waals surface area contributed by atoms with Gasteiger partial charge in [0.15, 0.2) is 0 Å². The fourth-order valence-corrected chi connectivity index (χ4v) is 2.65. The Bertz CT molecular complexity index is 676. The van der Waals surface area contributed by atoms with E-state index in [2.05, 4.69) is 17.4 Å². The molecule has 0 aliphatic carbocycles. The summed E-state index contributed by atoms with van der Waals surface area (Å²) < 4.78 is 17.1. The second-order valence-electron chi connectivity index (χ2n) is 7.15. The highest BCUT2D eigenvalue weighted by Gasteiger charge is 2.08. The number of aliphatic hydroxyl groups excluding tert-OH is 1. The van der Waals surface area contributed by atoms with E-state index in [1.54, 1.807) is 0 Å². The minimum atomic E-state index is -0.536. The van der Waals surface area contributed by atoms with Gasteiger partial charge in [0.25, 0.3) is 0 Å². The van der Waals surface area contributed by atoms with Crippen LogP contribution in [0.4, 0.5) is 0 Å². The first-order valence-corrected chi connectivity index (χ1v) is 9.94. The number of aryl methyl sites for hydroxylation is 1. The molecule has 0 amide bonds. The quantitative estimate of drug-likeness (QED) is 0.516. The molecule has 0 aliphatic rings. The number of rotatable bonds is 13. The maximum absolute atomic E-state index is 9.94. The van der Waals surface area contributed by atoms with E-state index in [1.807, 2.05) is 57.2 Å². The smallest absolute Gasteiger partial charge is 0.122 e. The van der Waals surface area contributed by atoms with Crippen LogP contribution in [0.2, 0.25) is 0 Å². The summed E-state index contributed by atoms with van der Waals surface area (Å²) in [7, 11) is 0. The predicted octanol–water partition coefficient (Wildman–Crippen LogP) is 3.37. The third-order valence-electron chi connectivity index (χ3n) is 4.21. The van der Waals surface area contributed by atoms with Crippen LogP contribution in [-0.2, 0) is 11.2 Å². The molecular weight excluding hydrogens is 354 g/mol. The van der Waals surface area contributed by atoms with Crippen molar-refractivity contribution in [2.24, 2.45) is 0 Å². The Labute approximate surface area is 168 Å². The number of hydrogen-bond donors (Lipinski definition) is 2. The van der Waals surface area contributed by atoms with Gasteiger partial charge in [-0.25, -0.2) is 0 Å². The van der Waals surface area contributed by atoms with E-state index in [1.165, 1.54) is 5.56 Å². The molecule has 1 unspecified atom stereocenters. The van der Waals surface area contributed by atoms with Gasteiger partial charge in [-0.15, -0.1) is 0 Å². The van der Waals surface area contributed by atoms with E-state index >= 15 is 0 Å². The average Bonchev–Trinajstić information content (AvgIpc) is 2.69. The third kappa shape index (κ3) is 8.74. The van der Waals surface area contributed by atoms with Crippen LogP contribution in [0.1, 0.15) is 25.0 Å². The average molecular weight is 388 g/mol. The predicted molar refractivity (Wildman–Crippen MR) is 112 cm³/mol. The summed E-state index contributed by atoms with van der Waals surface area (Å²) in [6.07, 6.45) is 0.371. The van der Waals surface area contributed by atoms with Gasteiger partial charge in [-0.2, -0.15) is 0 Å². The van der Waals surface area contributed by atoms with Gasteiger partial charge in [-0.1, -0.05) is 44.2 Å². The summed E-state index contributed by atoms with van der Waals surface area (Å²) in [5.41, 5.74) is 2.26. The number of aliphatic hydroxyl groups is 1. The second kappa shape index (κ2) is 12.4. The lowest BCUT2D eigenvalue weighted by atomic mass is 10.2. The minimum Gasteiger partial charge on any atom is -0.491 e. The molecule has 2 aromatic rings. The Morgan fingerprint density at radius 1 is 0.964 bits per heavy atom.